The van der Waals surface area contributed by atoms with Gasteiger partial charge in [-0.1, -0.05) is 53.4 Å². The molecule has 0 radical (unpaired) electrons. The number of aromatic nitrogens is 2. The number of nitrogens with zero attached hydrogens (tertiary/aromatic N) is 3. The number of rotatable bonds is 9. The van der Waals surface area contributed by atoms with E-state index in [1.165, 1.54) is 35.2 Å². The third-order valence-electron chi connectivity index (χ3n) is 4.37. The predicted molar refractivity (Wildman–Crippen MR) is 126 cm³/mol. The first-order valence-electron chi connectivity index (χ1n) is 9.33. The molecule has 2 aromatic carbocycles. The van der Waals surface area contributed by atoms with Gasteiger partial charge >= 0.3 is 0 Å². The summed E-state index contributed by atoms with van der Waals surface area (Å²) in [5.74, 6) is 0.174. The summed E-state index contributed by atoms with van der Waals surface area (Å²) in [7, 11) is -3.95. The molecule has 1 aromatic heterocycles. The zero-order valence-electron chi connectivity index (χ0n) is 17.1. The Hall–Kier alpha value is -2.69. The first-order chi connectivity index (χ1) is 14.8. The van der Waals surface area contributed by atoms with Crippen molar-refractivity contribution in [2.24, 2.45) is 0 Å². The number of hydrogen-bond acceptors (Lipinski definition) is 7. The minimum Gasteiger partial charge on any atom is -0.299 e. The Morgan fingerprint density at radius 3 is 2.58 bits per heavy atom. The maximum Gasteiger partial charge on any atom is 0.264 e. The second-order valence-electron chi connectivity index (χ2n) is 6.61. The lowest BCUT2D eigenvalue weighted by Crippen LogP contribution is -2.38. The quantitative estimate of drug-likeness (QED) is 0.283. The van der Waals surface area contributed by atoms with Crippen LogP contribution in [-0.2, 0) is 14.8 Å². The minimum atomic E-state index is -3.95. The molecule has 0 spiro atoms. The van der Waals surface area contributed by atoms with Gasteiger partial charge in [-0.2, -0.15) is 0 Å². The molecule has 0 aliphatic heterocycles. The smallest absolute Gasteiger partial charge is 0.264 e. The van der Waals surface area contributed by atoms with E-state index < -0.39 is 22.5 Å². The minimum absolute atomic E-state index is 0.111. The molecule has 0 aliphatic carbocycles. The van der Waals surface area contributed by atoms with Gasteiger partial charge in [-0.15, -0.1) is 16.8 Å². The molecule has 0 bridgehead atoms. The van der Waals surface area contributed by atoms with Crippen molar-refractivity contribution in [3.8, 4) is 0 Å². The fourth-order valence-electron chi connectivity index (χ4n) is 2.65. The summed E-state index contributed by atoms with van der Waals surface area (Å²) in [4.78, 5) is 12.9. The number of anilines is 2. The molecule has 10 heteroatoms. The van der Waals surface area contributed by atoms with Gasteiger partial charge in [0.2, 0.25) is 11.0 Å². The molecule has 31 heavy (non-hydrogen) atoms. The van der Waals surface area contributed by atoms with Crippen molar-refractivity contribution in [3.63, 3.8) is 0 Å². The zero-order valence-corrected chi connectivity index (χ0v) is 19.6. The number of amides is 1. The molecule has 162 valence electrons. The number of sulfonamides is 1. The number of hydrogen-bond donors (Lipinski definition) is 1. The van der Waals surface area contributed by atoms with Crippen molar-refractivity contribution >= 4 is 49.8 Å². The first kappa shape index (κ1) is 23.0. The van der Waals surface area contributed by atoms with E-state index in [9.17, 15) is 13.2 Å². The van der Waals surface area contributed by atoms with Crippen LogP contribution in [0, 0.1) is 13.8 Å². The maximum atomic E-state index is 13.3. The Balaban J connectivity index is 1.87. The van der Waals surface area contributed by atoms with Gasteiger partial charge in [0, 0.05) is 5.75 Å². The third-order valence-corrected chi connectivity index (χ3v) is 8.13. The van der Waals surface area contributed by atoms with E-state index in [1.807, 2.05) is 19.9 Å². The third kappa shape index (κ3) is 5.72. The molecule has 1 heterocycles. The van der Waals surface area contributed by atoms with Crippen molar-refractivity contribution in [2.45, 2.75) is 23.1 Å². The summed E-state index contributed by atoms with van der Waals surface area (Å²) in [6.07, 6.45) is 1.75. The fraction of sp³-hybridized carbons (Fsp3) is 0.190. The SMILES string of the molecule is C=CCSc1nnc(NC(=O)CN(c2ccc(C)c(C)c2)S(=O)(=O)c2ccccc2)s1. The lowest BCUT2D eigenvalue weighted by Gasteiger charge is -2.24. The molecule has 0 saturated carbocycles. The Morgan fingerprint density at radius 1 is 1.16 bits per heavy atom. The van der Waals surface area contributed by atoms with E-state index in [0.29, 0.717) is 20.9 Å². The van der Waals surface area contributed by atoms with E-state index in [-0.39, 0.29) is 4.90 Å². The van der Waals surface area contributed by atoms with Gasteiger partial charge in [0.1, 0.15) is 6.54 Å². The summed E-state index contributed by atoms with van der Waals surface area (Å²) in [6.45, 7) is 7.10. The second-order valence-corrected chi connectivity index (χ2v) is 10.7. The van der Waals surface area contributed by atoms with Gasteiger partial charge in [-0.25, -0.2) is 8.42 Å². The van der Waals surface area contributed by atoms with E-state index in [1.54, 1.807) is 36.4 Å². The largest absolute Gasteiger partial charge is 0.299 e. The van der Waals surface area contributed by atoms with E-state index in [2.05, 4.69) is 22.1 Å². The van der Waals surface area contributed by atoms with Gasteiger partial charge in [0.25, 0.3) is 10.0 Å². The topological polar surface area (TPSA) is 92.3 Å². The van der Waals surface area contributed by atoms with Crippen LogP contribution in [0.4, 0.5) is 10.8 Å². The average molecular weight is 475 g/mol. The monoisotopic (exact) mass is 474 g/mol. The van der Waals surface area contributed by atoms with Crippen LogP contribution in [0.25, 0.3) is 0 Å². The molecule has 0 aliphatic rings. The zero-order chi connectivity index (χ0) is 22.4. The molecule has 1 amide bonds. The van der Waals surface area contributed by atoms with E-state index in [4.69, 9.17) is 0 Å². The fourth-order valence-corrected chi connectivity index (χ4v) is 5.62. The summed E-state index contributed by atoms with van der Waals surface area (Å²) in [5.41, 5.74) is 2.38. The molecule has 3 rings (SSSR count). The highest BCUT2D eigenvalue weighted by atomic mass is 32.2. The Kier molecular flexibility index (Phi) is 7.47. The van der Waals surface area contributed by atoms with Crippen molar-refractivity contribution in [3.05, 3.63) is 72.3 Å². The summed E-state index contributed by atoms with van der Waals surface area (Å²) < 4.78 is 28.5. The molecule has 1 N–H and O–H groups in total. The molecular weight excluding hydrogens is 452 g/mol. The first-order valence-corrected chi connectivity index (χ1v) is 12.6. The van der Waals surface area contributed by atoms with Crippen molar-refractivity contribution < 1.29 is 13.2 Å². The standard InChI is InChI=1S/C21H22N4O3S3/c1-4-12-29-21-24-23-20(30-21)22-19(26)14-25(17-11-10-15(2)16(3)13-17)31(27,28)18-8-6-5-7-9-18/h4-11,13H,1,12,14H2,2-3H3,(H,22,23,26). The lowest BCUT2D eigenvalue weighted by molar-refractivity contribution is -0.114. The number of nitrogens with one attached hydrogen (secondary N) is 1. The van der Waals surface area contributed by atoms with Crippen molar-refractivity contribution in [1.82, 2.24) is 10.2 Å². The normalized spacial score (nSPS) is 11.2. The summed E-state index contributed by atoms with van der Waals surface area (Å²) >= 11 is 2.68. The second kappa shape index (κ2) is 10.1. The van der Waals surface area contributed by atoms with Gasteiger partial charge in [-0.3, -0.25) is 14.4 Å². The van der Waals surface area contributed by atoms with Crippen LogP contribution < -0.4 is 9.62 Å². The van der Waals surface area contributed by atoms with Gasteiger partial charge in [-0.05, 0) is 49.2 Å². The van der Waals surface area contributed by atoms with Crippen LogP contribution in [0.3, 0.4) is 0 Å². The molecule has 3 aromatic rings. The number of carbonyl (C=O) groups is 1. The Morgan fingerprint density at radius 2 is 1.90 bits per heavy atom. The molecule has 7 nitrogen and oxygen atoms in total. The molecule has 0 atom stereocenters. The number of aryl methyl sites for hydroxylation is 2. The Bertz CT molecular complexity index is 1180. The Labute approximate surface area is 190 Å². The van der Waals surface area contributed by atoms with Crippen LogP contribution in [0.15, 0.2) is 70.4 Å². The summed E-state index contributed by atoms with van der Waals surface area (Å²) in [5, 5.41) is 10.9. The van der Waals surface area contributed by atoms with Crippen LogP contribution in [0.1, 0.15) is 11.1 Å². The number of benzene rings is 2. The van der Waals surface area contributed by atoms with Gasteiger partial charge in [0.15, 0.2) is 4.34 Å². The number of carbonyl (C=O) groups excluding carboxylic acids is 1. The molecule has 0 fully saturated rings. The number of thioether (sulfide) groups is 1. The van der Waals surface area contributed by atoms with Crippen LogP contribution in [0.2, 0.25) is 0 Å². The van der Waals surface area contributed by atoms with Crippen molar-refractivity contribution in [1.29, 1.82) is 0 Å². The van der Waals surface area contributed by atoms with Crippen LogP contribution in [-0.4, -0.2) is 36.8 Å². The highest BCUT2D eigenvalue weighted by Gasteiger charge is 2.27. The average Bonchev–Trinajstić information content (AvgIpc) is 3.20. The van der Waals surface area contributed by atoms with Crippen LogP contribution >= 0.6 is 23.1 Å². The molecular formula is C21H22N4O3S3. The predicted octanol–water partition coefficient (Wildman–Crippen LogP) is 4.27. The van der Waals surface area contributed by atoms with E-state index in [0.717, 1.165) is 15.4 Å². The van der Waals surface area contributed by atoms with E-state index >= 15 is 0 Å². The highest BCUT2D eigenvalue weighted by molar-refractivity contribution is 8.01. The van der Waals surface area contributed by atoms with Crippen molar-refractivity contribution in [2.75, 3.05) is 21.9 Å². The van der Waals surface area contributed by atoms with Crippen LogP contribution in [0.5, 0.6) is 0 Å². The summed E-state index contributed by atoms with van der Waals surface area (Å²) in [6, 6.07) is 13.4. The highest BCUT2D eigenvalue weighted by Crippen LogP contribution is 2.27. The van der Waals surface area contributed by atoms with Gasteiger partial charge < -0.3 is 0 Å². The maximum absolute atomic E-state index is 13.3. The lowest BCUT2D eigenvalue weighted by atomic mass is 10.1. The molecule has 0 unspecified atom stereocenters. The van der Waals surface area contributed by atoms with Gasteiger partial charge in [0.05, 0.1) is 10.6 Å². The molecule has 0 saturated heterocycles.